The van der Waals surface area contributed by atoms with E-state index in [4.69, 9.17) is 5.11 Å². The highest BCUT2D eigenvalue weighted by Crippen LogP contribution is 2.12. The van der Waals surface area contributed by atoms with Crippen molar-refractivity contribution in [3.8, 4) is 0 Å². The number of aliphatic carboxylic acids is 1. The fraction of sp³-hybridized carbons (Fsp3) is 0.625. The molecule has 0 aromatic heterocycles. The maximum atomic E-state index is 10.4. The van der Waals surface area contributed by atoms with Gasteiger partial charge in [-0.1, -0.05) is 31.8 Å². The molecule has 11 heavy (non-hydrogen) atoms. The van der Waals surface area contributed by atoms with Crippen LogP contribution in [-0.4, -0.2) is 19.1 Å². The Morgan fingerprint density at radius 2 is 2.00 bits per heavy atom. The Balaban J connectivity index is 4.41. The number of carboxylic acid groups (broad SMARTS) is 1. The van der Waals surface area contributed by atoms with Gasteiger partial charge in [0.1, 0.15) is 0 Å². The zero-order valence-electron chi connectivity index (χ0n) is 7.64. The van der Waals surface area contributed by atoms with Crippen LogP contribution in [0, 0.1) is 0 Å². The van der Waals surface area contributed by atoms with Crippen LogP contribution in [0.1, 0.15) is 13.8 Å². The number of carboxylic acids is 1. The summed E-state index contributed by atoms with van der Waals surface area (Å²) in [7, 11) is -1.35. The Morgan fingerprint density at radius 1 is 1.55 bits per heavy atom. The molecular weight excluding hydrogens is 156 g/mol. The van der Waals surface area contributed by atoms with Crippen molar-refractivity contribution in [1.82, 2.24) is 0 Å². The molecular formula is C8H16O2Si. The Kier molecular flexibility index (Phi) is 3.52. The van der Waals surface area contributed by atoms with Crippen LogP contribution in [0.3, 0.4) is 0 Å². The molecule has 1 N–H and O–H groups in total. The van der Waals surface area contributed by atoms with E-state index < -0.39 is 14.0 Å². The normalized spacial score (nSPS) is 13.3. The number of hydrogen-bond acceptors (Lipinski definition) is 1. The maximum absolute atomic E-state index is 10.4. The third-order valence-corrected chi connectivity index (χ3v) is 4.89. The second-order valence-electron chi connectivity index (χ2n) is 3.47. The average molecular weight is 172 g/mol. The summed E-state index contributed by atoms with van der Waals surface area (Å²) in [6.45, 7) is 8.10. The zero-order valence-corrected chi connectivity index (χ0v) is 8.64. The standard InChI is InChI=1S/C8H16O2Si/c1-5-11(3,4)6-7(2)8(9)10/h6H,5H2,1-4H3,(H,9,10). The van der Waals surface area contributed by atoms with Gasteiger partial charge in [-0.2, -0.15) is 0 Å². The Bertz CT molecular complexity index is 183. The second kappa shape index (κ2) is 3.71. The minimum atomic E-state index is -1.35. The van der Waals surface area contributed by atoms with Crippen LogP contribution in [-0.2, 0) is 4.79 Å². The lowest BCUT2D eigenvalue weighted by atomic mass is 10.4. The van der Waals surface area contributed by atoms with Gasteiger partial charge < -0.3 is 5.11 Å². The minimum absolute atomic E-state index is 0.489. The lowest BCUT2D eigenvalue weighted by Gasteiger charge is -2.14. The van der Waals surface area contributed by atoms with Crippen LogP contribution in [0.15, 0.2) is 11.3 Å². The van der Waals surface area contributed by atoms with Gasteiger partial charge in [0, 0.05) is 5.57 Å². The van der Waals surface area contributed by atoms with Gasteiger partial charge in [-0.15, -0.1) is 0 Å². The summed E-state index contributed by atoms with van der Waals surface area (Å²) in [5.41, 5.74) is 2.43. The summed E-state index contributed by atoms with van der Waals surface area (Å²) in [4.78, 5) is 10.4. The summed E-state index contributed by atoms with van der Waals surface area (Å²) < 4.78 is 0. The van der Waals surface area contributed by atoms with Crippen LogP contribution in [0.2, 0.25) is 19.1 Å². The van der Waals surface area contributed by atoms with Crippen LogP contribution in [0.4, 0.5) is 0 Å². The Morgan fingerprint density at radius 3 is 2.27 bits per heavy atom. The van der Waals surface area contributed by atoms with E-state index in [-0.39, 0.29) is 0 Å². The molecule has 0 spiro atoms. The molecule has 0 aromatic rings. The molecule has 0 aliphatic carbocycles. The molecule has 0 aromatic carbocycles. The molecule has 2 nitrogen and oxygen atoms in total. The minimum Gasteiger partial charge on any atom is -0.478 e. The van der Waals surface area contributed by atoms with Gasteiger partial charge in [-0.25, -0.2) is 4.79 Å². The number of hydrogen-bond donors (Lipinski definition) is 1. The third-order valence-electron chi connectivity index (χ3n) is 1.86. The highest BCUT2D eigenvalue weighted by molar-refractivity contribution is 6.82. The van der Waals surface area contributed by atoms with Gasteiger partial charge in [-0.3, -0.25) is 0 Å². The first-order chi connectivity index (χ1) is 4.89. The molecule has 64 valence electrons. The summed E-state index contributed by atoms with van der Waals surface area (Å²) in [6, 6.07) is 1.09. The van der Waals surface area contributed by atoms with Crippen LogP contribution in [0.25, 0.3) is 0 Å². The highest BCUT2D eigenvalue weighted by atomic mass is 28.3. The molecule has 0 aliphatic rings. The van der Waals surface area contributed by atoms with Crippen molar-refractivity contribution >= 4 is 14.0 Å². The number of rotatable bonds is 3. The first-order valence-corrected chi connectivity index (χ1v) is 7.10. The fourth-order valence-electron chi connectivity index (χ4n) is 0.750. The fourth-order valence-corrected chi connectivity index (χ4v) is 2.25. The van der Waals surface area contributed by atoms with E-state index in [1.54, 1.807) is 6.92 Å². The van der Waals surface area contributed by atoms with Crippen molar-refractivity contribution in [3.63, 3.8) is 0 Å². The molecule has 0 radical (unpaired) electrons. The van der Waals surface area contributed by atoms with Gasteiger partial charge in [0.2, 0.25) is 0 Å². The predicted octanol–water partition coefficient (Wildman–Crippen LogP) is 2.28. The molecule has 0 atom stereocenters. The van der Waals surface area contributed by atoms with Crippen molar-refractivity contribution in [2.75, 3.05) is 0 Å². The van der Waals surface area contributed by atoms with Gasteiger partial charge in [-0.05, 0) is 6.92 Å². The van der Waals surface area contributed by atoms with E-state index >= 15 is 0 Å². The van der Waals surface area contributed by atoms with Gasteiger partial charge in [0.25, 0.3) is 0 Å². The predicted molar refractivity (Wildman–Crippen MR) is 49.4 cm³/mol. The van der Waals surface area contributed by atoms with Crippen molar-refractivity contribution in [1.29, 1.82) is 0 Å². The molecule has 0 saturated heterocycles. The SMILES string of the molecule is CC[Si](C)(C)C=C(C)C(=O)O. The van der Waals surface area contributed by atoms with Gasteiger partial charge in [0.05, 0.1) is 8.07 Å². The maximum Gasteiger partial charge on any atom is 0.330 e. The largest absolute Gasteiger partial charge is 0.478 e. The topological polar surface area (TPSA) is 37.3 Å². The lowest BCUT2D eigenvalue weighted by Crippen LogP contribution is -2.22. The van der Waals surface area contributed by atoms with E-state index in [2.05, 4.69) is 20.0 Å². The molecule has 0 fully saturated rings. The second-order valence-corrected chi connectivity index (χ2v) is 8.45. The number of carbonyl (C=O) groups is 1. The molecule has 0 aliphatic heterocycles. The summed E-state index contributed by atoms with van der Waals surface area (Å²) in [5, 5.41) is 8.59. The van der Waals surface area contributed by atoms with Crippen molar-refractivity contribution in [2.45, 2.75) is 33.0 Å². The summed E-state index contributed by atoms with van der Waals surface area (Å²) in [6.07, 6.45) is 0. The smallest absolute Gasteiger partial charge is 0.330 e. The first-order valence-electron chi connectivity index (χ1n) is 3.82. The molecule has 3 heteroatoms. The molecule has 0 heterocycles. The van der Waals surface area contributed by atoms with Gasteiger partial charge >= 0.3 is 5.97 Å². The zero-order chi connectivity index (χ0) is 9.07. The van der Waals surface area contributed by atoms with Crippen LogP contribution < -0.4 is 0 Å². The third kappa shape index (κ3) is 3.98. The van der Waals surface area contributed by atoms with E-state index in [1.807, 2.05) is 5.70 Å². The van der Waals surface area contributed by atoms with E-state index in [0.29, 0.717) is 5.57 Å². The van der Waals surface area contributed by atoms with Gasteiger partial charge in [0.15, 0.2) is 0 Å². The quantitative estimate of drug-likeness (QED) is 0.524. The highest BCUT2D eigenvalue weighted by Gasteiger charge is 2.16. The van der Waals surface area contributed by atoms with Crippen molar-refractivity contribution in [2.24, 2.45) is 0 Å². The Labute approximate surface area is 68.9 Å². The summed E-state index contributed by atoms with van der Waals surface area (Å²) >= 11 is 0. The molecule has 0 unspecified atom stereocenters. The molecule has 0 amide bonds. The molecule has 0 saturated carbocycles. The van der Waals surface area contributed by atoms with Crippen LogP contribution >= 0.6 is 0 Å². The lowest BCUT2D eigenvalue weighted by molar-refractivity contribution is -0.132. The molecule has 0 rings (SSSR count). The van der Waals surface area contributed by atoms with E-state index in [1.165, 1.54) is 0 Å². The first kappa shape index (κ1) is 10.4. The summed E-state index contributed by atoms with van der Waals surface area (Å²) in [5.74, 6) is -0.793. The van der Waals surface area contributed by atoms with Crippen molar-refractivity contribution in [3.05, 3.63) is 11.3 Å². The monoisotopic (exact) mass is 172 g/mol. The van der Waals surface area contributed by atoms with E-state index in [9.17, 15) is 4.79 Å². The van der Waals surface area contributed by atoms with Crippen molar-refractivity contribution < 1.29 is 9.90 Å². The molecule has 0 bridgehead atoms. The van der Waals surface area contributed by atoms with Crippen LogP contribution in [0.5, 0.6) is 0 Å². The van der Waals surface area contributed by atoms with E-state index in [0.717, 1.165) is 6.04 Å². The Hall–Kier alpha value is -0.573. The average Bonchev–Trinajstić information content (AvgIpc) is 1.87.